The van der Waals surface area contributed by atoms with Crippen molar-refractivity contribution in [3.05, 3.63) is 35.6 Å². The Morgan fingerprint density at radius 1 is 1.46 bits per heavy atom. The molecule has 1 aromatic rings. The maximum atomic E-state index is 12.6. The van der Waals surface area contributed by atoms with E-state index in [9.17, 15) is 4.39 Å². The van der Waals surface area contributed by atoms with Gasteiger partial charge in [-0.2, -0.15) is 5.26 Å². The fraction of sp³-hybridized carbons (Fsp3) is 0.300. The SMILES string of the molecule is CNC(CC#N)c1ccc(F)cc1. The van der Waals surface area contributed by atoms with Crippen LogP contribution in [0.4, 0.5) is 4.39 Å². The molecule has 3 heteroatoms. The largest absolute Gasteiger partial charge is 0.312 e. The van der Waals surface area contributed by atoms with E-state index in [2.05, 4.69) is 11.4 Å². The molecule has 0 bridgehead atoms. The summed E-state index contributed by atoms with van der Waals surface area (Å²) in [5.41, 5.74) is 0.936. The molecule has 0 saturated carbocycles. The van der Waals surface area contributed by atoms with E-state index < -0.39 is 0 Å². The zero-order chi connectivity index (χ0) is 9.68. The molecule has 0 fully saturated rings. The maximum Gasteiger partial charge on any atom is 0.123 e. The van der Waals surface area contributed by atoms with Crippen molar-refractivity contribution >= 4 is 0 Å². The van der Waals surface area contributed by atoms with E-state index in [0.29, 0.717) is 6.42 Å². The monoisotopic (exact) mass is 178 g/mol. The molecule has 13 heavy (non-hydrogen) atoms. The van der Waals surface area contributed by atoms with Crippen LogP contribution >= 0.6 is 0 Å². The second-order valence-corrected chi connectivity index (χ2v) is 2.76. The summed E-state index contributed by atoms with van der Waals surface area (Å²) in [6.07, 6.45) is 0.391. The molecule has 0 spiro atoms. The molecule has 1 rings (SSSR count). The van der Waals surface area contributed by atoms with Crippen LogP contribution in [0.25, 0.3) is 0 Å². The Balaban J connectivity index is 2.80. The van der Waals surface area contributed by atoms with Gasteiger partial charge in [0.1, 0.15) is 5.82 Å². The summed E-state index contributed by atoms with van der Waals surface area (Å²) in [6, 6.07) is 8.24. The molecule has 0 saturated heterocycles. The minimum absolute atomic E-state index is 0.00870. The number of hydrogen-bond acceptors (Lipinski definition) is 2. The number of halogens is 1. The van der Waals surface area contributed by atoms with Crippen LogP contribution in [0, 0.1) is 17.1 Å². The molecule has 0 aliphatic rings. The van der Waals surface area contributed by atoms with Crippen molar-refractivity contribution in [2.75, 3.05) is 7.05 Å². The molecule has 68 valence electrons. The predicted molar refractivity (Wildman–Crippen MR) is 48.4 cm³/mol. The first-order chi connectivity index (χ1) is 6.27. The summed E-state index contributed by atoms with van der Waals surface area (Å²) >= 11 is 0. The Hall–Kier alpha value is -1.40. The van der Waals surface area contributed by atoms with Crippen molar-refractivity contribution in [1.82, 2.24) is 5.32 Å². The van der Waals surface area contributed by atoms with Gasteiger partial charge in [0.2, 0.25) is 0 Å². The van der Waals surface area contributed by atoms with Crippen LogP contribution < -0.4 is 5.32 Å². The fourth-order valence-electron chi connectivity index (χ4n) is 1.17. The van der Waals surface area contributed by atoms with Gasteiger partial charge in [-0.15, -0.1) is 0 Å². The van der Waals surface area contributed by atoms with Gasteiger partial charge in [0, 0.05) is 6.04 Å². The number of nitrogens with zero attached hydrogens (tertiary/aromatic N) is 1. The van der Waals surface area contributed by atoms with E-state index in [-0.39, 0.29) is 11.9 Å². The standard InChI is InChI=1S/C10H11FN2/c1-13-10(6-7-12)8-2-4-9(11)5-3-8/h2-5,10,13H,6H2,1H3. The third kappa shape index (κ3) is 2.53. The molecule has 2 nitrogen and oxygen atoms in total. The molecular formula is C10H11FN2. The Kier molecular flexibility index (Phi) is 3.41. The highest BCUT2D eigenvalue weighted by atomic mass is 19.1. The van der Waals surface area contributed by atoms with E-state index in [0.717, 1.165) is 5.56 Å². The zero-order valence-corrected chi connectivity index (χ0v) is 7.42. The van der Waals surface area contributed by atoms with Gasteiger partial charge in [-0.3, -0.25) is 0 Å². The van der Waals surface area contributed by atoms with E-state index in [1.165, 1.54) is 12.1 Å². The van der Waals surface area contributed by atoms with Crippen LogP contribution in [0.3, 0.4) is 0 Å². The van der Waals surface area contributed by atoms with Crippen molar-refractivity contribution in [2.24, 2.45) is 0 Å². The van der Waals surface area contributed by atoms with Crippen molar-refractivity contribution in [3.63, 3.8) is 0 Å². The number of rotatable bonds is 3. The molecule has 0 aliphatic heterocycles. The molecule has 1 aromatic carbocycles. The average Bonchev–Trinajstić information content (AvgIpc) is 2.16. The van der Waals surface area contributed by atoms with Gasteiger partial charge in [0.05, 0.1) is 12.5 Å². The van der Waals surface area contributed by atoms with Gasteiger partial charge in [-0.05, 0) is 24.7 Å². The van der Waals surface area contributed by atoms with Gasteiger partial charge < -0.3 is 5.32 Å². The quantitative estimate of drug-likeness (QED) is 0.768. The van der Waals surface area contributed by atoms with Crippen LogP contribution in [0.15, 0.2) is 24.3 Å². The lowest BCUT2D eigenvalue weighted by Crippen LogP contribution is -2.15. The summed E-state index contributed by atoms with van der Waals surface area (Å²) in [5.74, 6) is -0.254. The molecule has 0 aliphatic carbocycles. The Morgan fingerprint density at radius 3 is 2.54 bits per heavy atom. The lowest BCUT2D eigenvalue weighted by atomic mass is 10.0. The van der Waals surface area contributed by atoms with Gasteiger partial charge in [0.25, 0.3) is 0 Å². The Morgan fingerprint density at radius 2 is 2.08 bits per heavy atom. The highest BCUT2D eigenvalue weighted by Crippen LogP contribution is 2.15. The lowest BCUT2D eigenvalue weighted by molar-refractivity contribution is 0.599. The van der Waals surface area contributed by atoms with Gasteiger partial charge >= 0.3 is 0 Å². The van der Waals surface area contributed by atoms with E-state index in [1.807, 2.05) is 0 Å². The van der Waals surface area contributed by atoms with Crippen LogP contribution in [0.2, 0.25) is 0 Å². The van der Waals surface area contributed by atoms with Crippen LogP contribution in [-0.2, 0) is 0 Å². The second-order valence-electron chi connectivity index (χ2n) is 2.76. The fourth-order valence-corrected chi connectivity index (χ4v) is 1.17. The smallest absolute Gasteiger partial charge is 0.123 e. The average molecular weight is 178 g/mol. The first kappa shape index (κ1) is 9.69. The third-order valence-corrected chi connectivity index (χ3v) is 1.92. The van der Waals surface area contributed by atoms with Gasteiger partial charge in [-0.25, -0.2) is 4.39 Å². The molecular weight excluding hydrogens is 167 g/mol. The lowest BCUT2D eigenvalue weighted by Gasteiger charge is -2.12. The summed E-state index contributed by atoms with van der Waals surface area (Å²) < 4.78 is 12.6. The number of nitriles is 1. The topological polar surface area (TPSA) is 35.8 Å². The first-order valence-corrected chi connectivity index (χ1v) is 4.07. The molecule has 0 amide bonds. The normalized spacial score (nSPS) is 12.1. The third-order valence-electron chi connectivity index (χ3n) is 1.92. The first-order valence-electron chi connectivity index (χ1n) is 4.07. The van der Waals surface area contributed by atoms with E-state index in [1.54, 1.807) is 19.2 Å². The summed E-state index contributed by atoms with van der Waals surface area (Å²) in [7, 11) is 1.78. The van der Waals surface area contributed by atoms with Crippen molar-refractivity contribution in [1.29, 1.82) is 5.26 Å². The minimum atomic E-state index is -0.254. The Labute approximate surface area is 77.0 Å². The molecule has 0 radical (unpaired) electrons. The molecule has 1 unspecified atom stereocenters. The van der Waals surface area contributed by atoms with Crippen LogP contribution in [0.5, 0.6) is 0 Å². The highest BCUT2D eigenvalue weighted by molar-refractivity contribution is 5.20. The van der Waals surface area contributed by atoms with E-state index in [4.69, 9.17) is 5.26 Å². The van der Waals surface area contributed by atoms with Crippen LogP contribution in [-0.4, -0.2) is 7.05 Å². The van der Waals surface area contributed by atoms with E-state index >= 15 is 0 Å². The molecule has 0 heterocycles. The van der Waals surface area contributed by atoms with Crippen molar-refractivity contribution in [3.8, 4) is 6.07 Å². The Bertz CT molecular complexity index is 300. The maximum absolute atomic E-state index is 12.6. The second kappa shape index (κ2) is 4.58. The molecule has 1 atom stereocenters. The summed E-state index contributed by atoms with van der Waals surface area (Å²) in [5, 5.41) is 11.5. The highest BCUT2D eigenvalue weighted by Gasteiger charge is 2.07. The summed E-state index contributed by atoms with van der Waals surface area (Å²) in [6.45, 7) is 0. The molecule has 1 N–H and O–H groups in total. The predicted octanol–water partition coefficient (Wildman–Crippen LogP) is 2.00. The van der Waals surface area contributed by atoms with Gasteiger partial charge in [-0.1, -0.05) is 12.1 Å². The number of nitrogens with one attached hydrogen (secondary N) is 1. The van der Waals surface area contributed by atoms with Gasteiger partial charge in [0.15, 0.2) is 0 Å². The number of hydrogen-bond donors (Lipinski definition) is 1. The molecule has 0 aromatic heterocycles. The number of benzene rings is 1. The van der Waals surface area contributed by atoms with Crippen molar-refractivity contribution in [2.45, 2.75) is 12.5 Å². The van der Waals surface area contributed by atoms with Crippen LogP contribution in [0.1, 0.15) is 18.0 Å². The zero-order valence-electron chi connectivity index (χ0n) is 7.42. The summed E-state index contributed by atoms with van der Waals surface area (Å²) in [4.78, 5) is 0. The minimum Gasteiger partial charge on any atom is -0.312 e. The van der Waals surface area contributed by atoms with Crippen molar-refractivity contribution < 1.29 is 4.39 Å².